The second kappa shape index (κ2) is 4.30. The van der Waals surface area contributed by atoms with Crippen molar-refractivity contribution in [1.82, 2.24) is 0 Å². The van der Waals surface area contributed by atoms with Crippen molar-refractivity contribution in [3.63, 3.8) is 0 Å². The van der Waals surface area contributed by atoms with Gasteiger partial charge in [-0.2, -0.15) is 0 Å². The van der Waals surface area contributed by atoms with Crippen molar-refractivity contribution in [3.05, 3.63) is 0 Å². The van der Waals surface area contributed by atoms with E-state index in [1.807, 2.05) is 0 Å². The maximum Gasteiger partial charge on any atom is 0.0972 e. The monoisotopic (exact) mass is 304 g/mol. The summed E-state index contributed by atoms with van der Waals surface area (Å²) in [7, 11) is 0. The zero-order valence-corrected chi connectivity index (χ0v) is 14.3. The van der Waals surface area contributed by atoms with Gasteiger partial charge in [-0.05, 0) is 86.9 Å². The maximum absolute atomic E-state index is 10.1. The first-order valence-corrected chi connectivity index (χ1v) is 9.81. The topological polar surface area (TPSA) is 32.8 Å². The minimum atomic E-state index is -0.0157. The molecule has 1 N–H and O–H groups in total. The van der Waals surface area contributed by atoms with Crippen LogP contribution in [0.1, 0.15) is 71.6 Å². The molecule has 2 nitrogen and oxygen atoms in total. The number of hydrogen-bond donors (Lipinski definition) is 1. The van der Waals surface area contributed by atoms with E-state index in [1.165, 1.54) is 44.9 Å². The molecule has 1 heterocycles. The van der Waals surface area contributed by atoms with Gasteiger partial charge in [-0.1, -0.05) is 13.8 Å². The van der Waals surface area contributed by atoms with Gasteiger partial charge in [-0.25, -0.2) is 0 Å². The fourth-order valence-corrected chi connectivity index (χ4v) is 7.89. The highest BCUT2D eigenvalue weighted by Gasteiger charge is 2.69. The van der Waals surface area contributed by atoms with Gasteiger partial charge in [0, 0.05) is 5.41 Å². The van der Waals surface area contributed by atoms with E-state index in [1.54, 1.807) is 0 Å². The van der Waals surface area contributed by atoms with Crippen LogP contribution in [0.3, 0.4) is 0 Å². The van der Waals surface area contributed by atoms with Gasteiger partial charge in [0.1, 0.15) is 0 Å². The molecule has 0 amide bonds. The Morgan fingerprint density at radius 1 is 0.909 bits per heavy atom. The highest BCUT2D eigenvalue weighted by Crippen LogP contribution is 2.71. The molecule has 5 fully saturated rings. The Labute approximate surface area is 135 Å². The minimum absolute atomic E-state index is 0.0157. The molecule has 124 valence electrons. The summed E-state index contributed by atoms with van der Waals surface area (Å²) in [6.07, 6.45) is 11.7. The molecule has 0 unspecified atom stereocenters. The van der Waals surface area contributed by atoms with Crippen molar-refractivity contribution in [2.24, 2.45) is 34.5 Å². The highest BCUT2D eigenvalue weighted by atomic mass is 16.6. The van der Waals surface area contributed by atoms with Crippen LogP contribution in [0, 0.1) is 34.5 Å². The Hall–Kier alpha value is -0.0800. The summed E-state index contributed by atoms with van der Waals surface area (Å²) in [5.74, 6) is 3.57. The average molecular weight is 304 g/mol. The van der Waals surface area contributed by atoms with Crippen LogP contribution in [-0.4, -0.2) is 23.4 Å². The number of aliphatic hydroxyl groups is 1. The van der Waals surface area contributed by atoms with Crippen LogP contribution < -0.4 is 0 Å². The molecule has 2 heteroatoms. The highest BCUT2D eigenvalue weighted by molar-refractivity contribution is 5.18. The van der Waals surface area contributed by atoms with Gasteiger partial charge in [-0.15, -0.1) is 0 Å². The van der Waals surface area contributed by atoms with Gasteiger partial charge in [0.2, 0.25) is 0 Å². The van der Waals surface area contributed by atoms with E-state index in [0.717, 1.165) is 43.1 Å². The fraction of sp³-hybridized carbons (Fsp3) is 1.00. The molecule has 1 spiro atoms. The van der Waals surface area contributed by atoms with E-state index in [9.17, 15) is 5.11 Å². The molecule has 1 saturated heterocycles. The van der Waals surface area contributed by atoms with Crippen molar-refractivity contribution in [2.75, 3.05) is 6.61 Å². The molecule has 22 heavy (non-hydrogen) atoms. The summed E-state index contributed by atoms with van der Waals surface area (Å²) in [6.45, 7) is 6.19. The van der Waals surface area contributed by atoms with E-state index >= 15 is 0 Å². The molecule has 5 aliphatic rings. The van der Waals surface area contributed by atoms with Crippen molar-refractivity contribution in [2.45, 2.75) is 83.3 Å². The van der Waals surface area contributed by atoms with Crippen LogP contribution in [0.4, 0.5) is 0 Å². The van der Waals surface area contributed by atoms with E-state index in [-0.39, 0.29) is 6.10 Å². The molecule has 0 bridgehead atoms. The molecule has 4 saturated carbocycles. The largest absolute Gasteiger partial charge is 0.393 e. The first kappa shape index (κ1) is 14.3. The Kier molecular flexibility index (Phi) is 2.79. The molecule has 8 atom stereocenters. The lowest BCUT2D eigenvalue weighted by Crippen LogP contribution is -2.54. The first-order chi connectivity index (χ1) is 10.5. The van der Waals surface area contributed by atoms with E-state index in [0.29, 0.717) is 16.4 Å². The second-order valence-electron chi connectivity index (χ2n) is 9.86. The normalized spacial score (nSPS) is 63.1. The summed E-state index contributed by atoms with van der Waals surface area (Å²) in [6, 6.07) is 0. The predicted molar refractivity (Wildman–Crippen MR) is 86.4 cm³/mol. The summed E-state index contributed by atoms with van der Waals surface area (Å²) in [4.78, 5) is 0. The van der Waals surface area contributed by atoms with E-state index < -0.39 is 0 Å². The zero-order valence-electron chi connectivity index (χ0n) is 14.3. The number of aliphatic hydroxyl groups excluding tert-OH is 1. The summed E-state index contributed by atoms with van der Waals surface area (Å²) < 4.78 is 6.02. The number of hydrogen-bond acceptors (Lipinski definition) is 2. The van der Waals surface area contributed by atoms with Crippen LogP contribution in [0.25, 0.3) is 0 Å². The fourth-order valence-electron chi connectivity index (χ4n) is 7.89. The molecule has 4 aliphatic carbocycles. The standard InChI is InChI=1S/C20H32O2/c1-18-8-5-14(21)11-13(18)3-4-15-16(18)6-9-19(2)17(15)7-10-20(19)12-22-20/h13-17,21H,3-12H2,1-2H3/t13-,14-,15+,16-,17-,18-,19-,20+/m0/s1. The Morgan fingerprint density at radius 2 is 1.68 bits per heavy atom. The Balaban J connectivity index is 1.46. The quantitative estimate of drug-likeness (QED) is 0.682. The SMILES string of the molecule is C[C@]12CC[C@H](O)C[C@@H]1CC[C@@H]1[C@@H]2CC[C@@]2(C)[C@H]1CC[C@@]21CO1. The van der Waals surface area contributed by atoms with Crippen molar-refractivity contribution in [3.8, 4) is 0 Å². The number of rotatable bonds is 0. The number of epoxide rings is 1. The first-order valence-electron chi connectivity index (χ1n) is 9.81. The van der Waals surface area contributed by atoms with Gasteiger partial charge in [0.15, 0.2) is 0 Å². The van der Waals surface area contributed by atoms with Gasteiger partial charge in [0.25, 0.3) is 0 Å². The third-order valence-corrected chi connectivity index (χ3v) is 9.42. The van der Waals surface area contributed by atoms with Crippen molar-refractivity contribution < 1.29 is 9.84 Å². The Bertz CT molecular complexity index is 484. The second-order valence-corrected chi connectivity index (χ2v) is 9.86. The molecular formula is C20H32O2. The van der Waals surface area contributed by atoms with Crippen molar-refractivity contribution >= 4 is 0 Å². The molecular weight excluding hydrogens is 272 g/mol. The third-order valence-electron chi connectivity index (χ3n) is 9.42. The molecule has 0 radical (unpaired) electrons. The van der Waals surface area contributed by atoms with Crippen molar-refractivity contribution in [1.29, 1.82) is 0 Å². The molecule has 0 aromatic carbocycles. The lowest BCUT2D eigenvalue weighted by Gasteiger charge is -2.60. The third kappa shape index (κ3) is 1.59. The zero-order chi connectivity index (χ0) is 15.2. The van der Waals surface area contributed by atoms with Gasteiger partial charge < -0.3 is 9.84 Å². The van der Waals surface area contributed by atoms with Gasteiger partial charge in [0.05, 0.1) is 18.3 Å². The smallest absolute Gasteiger partial charge is 0.0972 e. The maximum atomic E-state index is 10.1. The van der Waals surface area contributed by atoms with Crippen LogP contribution in [-0.2, 0) is 4.74 Å². The molecule has 0 aromatic heterocycles. The molecule has 1 aliphatic heterocycles. The van der Waals surface area contributed by atoms with Crippen LogP contribution >= 0.6 is 0 Å². The van der Waals surface area contributed by atoms with Crippen LogP contribution in [0.2, 0.25) is 0 Å². The van der Waals surface area contributed by atoms with E-state index in [4.69, 9.17) is 4.74 Å². The predicted octanol–water partition coefficient (Wildman–Crippen LogP) is 4.16. The lowest BCUT2D eigenvalue weighted by molar-refractivity contribution is -0.128. The van der Waals surface area contributed by atoms with Gasteiger partial charge >= 0.3 is 0 Å². The Morgan fingerprint density at radius 3 is 2.45 bits per heavy atom. The number of fused-ring (bicyclic) bond motifs is 6. The van der Waals surface area contributed by atoms with Crippen LogP contribution in [0.5, 0.6) is 0 Å². The average Bonchev–Trinajstić information content (AvgIpc) is 3.22. The summed E-state index contributed by atoms with van der Waals surface area (Å²) in [5.41, 5.74) is 1.29. The van der Waals surface area contributed by atoms with E-state index in [2.05, 4.69) is 13.8 Å². The lowest BCUT2D eigenvalue weighted by atomic mass is 9.44. The number of ether oxygens (including phenoxy) is 1. The molecule has 0 aromatic rings. The van der Waals surface area contributed by atoms with Gasteiger partial charge in [-0.3, -0.25) is 0 Å². The molecule has 5 rings (SSSR count). The van der Waals surface area contributed by atoms with Crippen LogP contribution in [0.15, 0.2) is 0 Å². The summed E-state index contributed by atoms with van der Waals surface area (Å²) in [5, 5.41) is 10.1. The minimum Gasteiger partial charge on any atom is -0.393 e. The summed E-state index contributed by atoms with van der Waals surface area (Å²) >= 11 is 0.